The molecule has 0 aliphatic rings. The molecule has 0 radical (unpaired) electrons. The SMILES string of the molecule is CC(O)c1ccc(-c2cc(C(F)(F)F)nn2C)s1. The topological polar surface area (TPSA) is 38.1 Å². The van der Waals surface area contributed by atoms with Crippen LogP contribution in [0.15, 0.2) is 18.2 Å². The molecule has 98 valence electrons. The Bertz CT molecular complexity index is 557. The summed E-state index contributed by atoms with van der Waals surface area (Å²) in [5.41, 5.74) is -0.522. The van der Waals surface area contributed by atoms with E-state index in [1.165, 1.54) is 23.1 Å². The van der Waals surface area contributed by atoms with Crippen molar-refractivity contribution in [2.24, 2.45) is 7.05 Å². The van der Waals surface area contributed by atoms with Gasteiger partial charge in [-0.25, -0.2) is 0 Å². The second-order valence-electron chi connectivity index (χ2n) is 3.91. The Balaban J connectivity index is 2.41. The lowest BCUT2D eigenvalue weighted by Crippen LogP contribution is -2.06. The summed E-state index contributed by atoms with van der Waals surface area (Å²) in [6.07, 6.45) is -5.07. The number of halogens is 3. The Morgan fingerprint density at radius 2 is 2.06 bits per heavy atom. The number of aliphatic hydroxyl groups excluding tert-OH is 1. The first-order chi connectivity index (χ1) is 8.29. The van der Waals surface area contributed by atoms with E-state index in [-0.39, 0.29) is 0 Å². The molecule has 0 aliphatic heterocycles. The van der Waals surface area contributed by atoms with E-state index in [9.17, 15) is 18.3 Å². The number of rotatable bonds is 2. The third kappa shape index (κ3) is 2.41. The van der Waals surface area contributed by atoms with Crippen LogP contribution in [-0.2, 0) is 13.2 Å². The third-order valence-electron chi connectivity index (χ3n) is 2.46. The van der Waals surface area contributed by atoms with Gasteiger partial charge in [-0.2, -0.15) is 18.3 Å². The number of aromatic nitrogens is 2. The maximum absolute atomic E-state index is 12.5. The number of alkyl halides is 3. The second kappa shape index (κ2) is 4.40. The minimum atomic E-state index is -4.44. The second-order valence-corrected chi connectivity index (χ2v) is 5.03. The van der Waals surface area contributed by atoms with Gasteiger partial charge in [-0.1, -0.05) is 0 Å². The average molecular weight is 276 g/mol. The first-order valence-electron chi connectivity index (χ1n) is 5.18. The molecule has 0 saturated heterocycles. The predicted octanol–water partition coefficient (Wildman–Crippen LogP) is 3.22. The Hall–Kier alpha value is -1.34. The molecule has 18 heavy (non-hydrogen) atoms. The first-order valence-corrected chi connectivity index (χ1v) is 6.00. The van der Waals surface area contributed by atoms with Crippen LogP contribution >= 0.6 is 11.3 Å². The molecule has 0 spiro atoms. The van der Waals surface area contributed by atoms with Crippen molar-refractivity contribution in [2.45, 2.75) is 19.2 Å². The maximum atomic E-state index is 12.5. The number of thiophene rings is 1. The minimum absolute atomic E-state index is 0.388. The standard InChI is InChI=1S/C11H11F3N2OS/c1-6(17)8-3-4-9(18-8)7-5-10(11(12,13)14)15-16(7)2/h3-6,17H,1-2H3. The van der Waals surface area contributed by atoms with Crippen molar-refractivity contribution in [2.75, 3.05) is 0 Å². The molecule has 2 aromatic heterocycles. The van der Waals surface area contributed by atoms with Gasteiger partial charge in [0, 0.05) is 11.9 Å². The molecule has 0 aromatic carbocycles. The Morgan fingerprint density at radius 3 is 2.50 bits per heavy atom. The average Bonchev–Trinajstić information content (AvgIpc) is 2.81. The molecule has 0 bridgehead atoms. The number of aliphatic hydroxyl groups is 1. The quantitative estimate of drug-likeness (QED) is 0.914. The van der Waals surface area contributed by atoms with Crippen molar-refractivity contribution < 1.29 is 18.3 Å². The number of nitrogens with zero attached hydrogens (tertiary/aromatic N) is 2. The van der Waals surface area contributed by atoms with E-state index in [1.807, 2.05) is 0 Å². The van der Waals surface area contributed by atoms with Crippen LogP contribution in [0.1, 0.15) is 23.6 Å². The highest BCUT2D eigenvalue weighted by Gasteiger charge is 2.34. The molecule has 0 amide bonds. The zero-order valence-electron chi connectivity index (χ0n) is 9.69. The van der Waals surface area contributed by atoms with E-state index in [4.69, 9.17) is 0 Å². The molecule has 1 unspecified atom stereocenters. The van der Waals surface area contributed by atoms with E-state index >= 15 is 0 Å². The number of aryl methyl sites for hydroxylation is 1. The van der Waals surface area contributed by atoms with Crippen molar-refractivity contribution in [3.8, 4) is 10.6 Å². The van der Waals surface area contributed by atoms with Crippen molar-refractivity contribution in [1.29, 1.82) is 0 Å². The van der Waals surface area contributed by atoms with Crippen LogP contribution in [0.5, 0.6) is 0 Å². The fourth-order valence-electron chi connectivity index (χ4n) is 1.55. The van der Waals surface area contributed by atoms with E-state index in [0.717, 1.165) is 6.07 Å². The van der Waals surface area contributed by atoms with E-state index in [0.29, 0.717) is 15.4 Å². The van der Waals surface area contributed by atoms with Gasteiger partial charge in [0.2, 0.25) is 0 Å². The largest absolute Gasteiger partial charge is 0.435 e. The smallest absolute Gasteiger partial charge is 0.388 e. The summed E-state index contributed by atoms with van der Waals surface area (Å²) in [5, 5.41) is 12.8. The summed E-state index contributed by atoms with van der Waals surface area (Å²) in [5.74, 6) is 0. The summed E-state index contributed by atoms with van der Waals surface area (Å²) < 4.78 is 38.7. The van der Waals surface area contributed by atoms with Crippen LogP contribution in [-0.4, -0.2) is 14.9 Å². The lowest BCUT2D eigenvalue weighted by molar-refractivity contribution is -0.141. The van der Waals surface area contributed by atoms with Crippen LogP contribution in [0, 0.1) is 0 Å². The van der Waals surface area contributed by atoms with Crippen molar-refractivity contribution in [1.82, 2.24) is 9.78 Å². The number of hydrogen-bond acceptors (Lipinski definition) is 3. The molecule has 1 atom stereocenters. The molecule has 2 heterocycles. The van der Waals surface area contributed by atoms with Gasteiger partial charge in [0.05, 0.1) is 16.7 Å². The minimum Gasteiger partial charge on any atom is -0.388 e. The van der Waals surface area contributed by atoms with Gasteiger partial charge < -0.3 is 5.11 Å². The van der Waals surface area contributed by atoms with Gasteiger partial charge in [-0.15, -0.1) is 11.3 Å². The van der Waals surface area contributed by atoms with Crippen LogP contribution in [0.2, 0.25) is 0 Å². The zero-order valence-corrected chi connectivity index (χ0v) is 10.5. The van der Waals surface area contributed by atoms with E-state index in [2.05, 4.69) is 5.10 Å². The lowest BCUT2D eigenvalue weighted by Gasteiger charge is -1.99. The fraction of sp³-hybridized carbons (Fsp3) is 0.364. The normalized spacial score (nSPS) is 13.9. The molecule has 1 N–H and O–H groups in total. The lowest BCUT2D eigenvalue weighted by atomic mass is 10.3. The van der Waals surface area contributed by atoms with Gasteiger partial charge in [0.25, 0.3) is 0 Å². The molecule has 2 aromatic rings. The van der Waals surface area contributed by atoms with E-state index in [1.54, 1.807) is 19.1 Å². The van der Waals surface area contributed by atoms with Gasteiger partial charge in [-0.05, 0) is 25.1 Å². The van der Waals surface area contributed by atoms with Crippen LogP contribution in [0.3, 0.4) is 0 Å². The summed E-state index contributed by atoms with van der Waals surface area (Å²) in [7, 11) is 1.46. The molecular formula is C11H11F3N2OS. The molecule has 0 fully saturated rings. The predicted molar refractivity (Wildman–Crippen MR) is 62.2 cm³/mol. The van der Waals surface area contributed by atoms with Crippen LogP contribution in [0.25, 0.3) is 10.6 Å². The highest BCUT2D eigenvalue weighted by atomic mass is 32.1. The van der Waals surface area contributed by atoms with Gasteiger partial charge in [-0.3, -0.25) is 4.68 Å². The first kappa shape index (κ1) is 13.1. The zero-order chi connectivity index (χ0) is 13.5. The molecule has 0 aliphatic carbocycles. The van der Waals surface area contributed by atoms with Crippen LogP contribution in [0.4, 0.5) is 13.2 Å². The van der Waals surface area contributed by atoms with E-state index < -0.39 is 18.0 Å². The maximum Gasteiger partial charge on any atom is 0.435 e. The summed E-state index contributed by atoms with van der Waals surface area (Å²) in [6.45, 7) is 1.61. The Labute approximate surface area is 105 Å². The van der Waals surface area contributed by atoms with Crippen molar-refractivity contribution in [3.63, 3.8) is 0 Å². The van der Waals surface area contributed by atoms with Gasteiger partial charge in [0.1, 0.15) is 0 Å². The highest BCUT2D eigenvalue weighted by Crippen LogP contribution is 2.35. The van der Waals surface area contributed by atoms with Gasteiger partial charge >= 0.3 is 6.18 Å². The molecule has 2 rings (SSSR count). The monoisotopic (exact) mass is 276 g/mol. The van der Waals surface area contributed by atoms with Crippen molar-refractivity contribution in [3.05, 3.63) is 28.8 Å². The fourth-order valence-corrected chi connectivity index (χ4v) is 2.54. The highest BCUT2D eigenvalue weighted by molar-refractivity contribution is 7.15. The van der Waals surface area contributed by atoms with Gasteiger partial charge in [0.15, 0.2) is 5.69 Å². The summed E-state index contributed by atoms with van der Waals surface area (Å²) >= 11 is 1.25. The van der Waals surface area contributed by atoms with Crippen LogP contribution < -0.4 is 0 Å². The summed E-state index contributed by atoms with van der Waals surface area (Å²) in [6, 6.07) is 4.40. The van der Waals surface area contributed by atoms with Crippen molar-refractivity contribution >= 4 is 11.3 Å². The third-order valence-corrected chi connectivity index (χ3v) is 3.74. The molecule has 3 nitrogen and oxygen atoms in total. The summed E-state index contributed by atoms with van der Waals surface area (Å²) in [4.78, 5) is 1.36. The molecular weight excluding hydrogens is 265 g/mol. The Morgan fingerprint density at radius 1 is 1.39 bits per heavy atom. The molecule has 7 heteroatoms. The number of hydrogen-bond donors (Lipinski definition) is 1. The molecule has 0 saturated carbocycles. The Kier molecular flexibility index (Phi) is 3.20.